The Morgan fingerprint density at radius 2 is 2.09 bits per heavy atom. The van der Waals surface area contributed by atoms with Crippen molar-refractivity contribution in [3.63, 3.8) is 0 Å². The van der Waals surface area contributed by atoms with Crippen LogP contribution in [0.25, 0.3) is 0 Å². The van der Waals surface area contributed by atoms with Crippen molar-refractivity contribution < 1.29 is 4.79 Å². The number of rotatable bonds is 4. The zero-order valence-corrected chi connectivity index (χ0v) is 15.0. The minimum absolute atomic E-state index is 0.117. The van der Waals surface area contributed by atoms with E-state index in [1.807, 2.05) is 26.0 Å². The van der Waals surface area contributed by atoms with Crippen LogP contribution in [0.4, 0.5) is 0 Å². The van der Waals surface area contributed by atoms with Gasteiger partial charge in [-0.25, -0.2) is 0 Å². The predicted octanol–water partition coefficient (Wildman–Crippen LogP) is 2.57. The second-order valence-corrected chi connectivity index (χ2v) is 7.51. The van der Waals surface area contributed by atoms with E-state index in [2.05, 4.69) is 48.9 Å². The molecule has 0 bridgehead atoms. The van der Waals surface area contributed by atoms with E-state index in [1.54, 1.807) is 0 Å². The van der Waals surface area contributed by atoms with Crippen LogP contribution in [0, 0.1) is 0 Å². The summed E-state index contributed by atoms with van der Waals surface area (Å²) in [5.74, 6) is -0.117. The monoisotopic (exact) mass is 376 g/mol. The summed E-state index contributed by atoms with van der Waals surface area (Å²) in [6, 6.07) is 8.17. The quantitative estimate of drug-likeness (QED) is 0.767. The summed E-state index contributed by atoms with van der Waals surface area (Å²) in [4.78, 5) is 12.6. The van der Waals surface area contributed by atoms with E-state index in [9.17, 15) is 4.79 Å². The minimum atomic E-state index is -0.348. The van der Waals surface area contributed by atoms with Crippen molar-refractivity contribution in [3.05, 3.63) is 51.3 Å². The van der Waals surface area contributed by atoms with Crippen LogP contribution in [0.5, 0.6) is 0 Å². The zero-order chi connectivity index (χ0) is 16.4. The van der Waals surface area contributed by atoms with Crippen molar-refractivity contribution in [3.8, 4) is 0 Å². The zero-order valence-electron chi connectivity index (χ0n) is 13.4. The van der Waals surface area contributed by atoms with Gasteiger partial charge in [-0.1, -0.05) is 28.1 Å². The Kier molecular flexibility index (Phi) is 4.55. The van der Waals surface area contributed by atoms with E-state index < -0.39 is 0 Å². The van der Waals surface area contributed by atoms with Gasteiger partial charge in [0.15, 0.2) is 5.69 Å². The molecule has 5 nitrogen and oxygen atoms in total. The molecule has 0 atom stereocenters. The first-order chi connectivity index (χ1) is 10.9. The Hall–Kier alpha value is -1.66. The molecular weight excluding hydrogens is 356 g/mol. The van der Waals surface area contributed by atoms with Crippen LogP contribution in [0.15, 0.2) is 28.7 Å². The number of halogens is 1. The molecule has 0 aliphatic carbocycles. The number of nitrogens with zero attached hydrogens (tertiary/aromatic N) is 1. The van der Waals surface area contributed by atoms with Crippen molar-refractivity contribution in [1.82, 2.24) is 20.8 Å². The van der Waals surface area contributed by atoms with E-state index in [1.165, 1.54) is 5.56 Å². The lowest BCUT2D eigenvalue weighted by atomic mass is 9.94. The van der Waals surface area contributed by atoms with Crippen molar-refractivity contribution >= 4 is 21.8 Å². The molecule has 0 spiro atoms. The third-order valence-electron chi connectivity index (χ3n) is 4.03. The van der Waals surface area contributed by atoms with Gasteiger partial charge in [0.25, 0.3) is 5.91 Å². The summed E-state index contributed by atoms with van der Waals surface area (Å²) in [6.45, 7) is 5.68. The molecule has 0 unspecified atom stereocenters. The number of fused-ring (bicyclic) bond motifs is 1. The Bertz CT molecular complexity index is 706. The van der Waals surface area contributed by atoms with Gasteiger partial charge in [0.05, 0.1) is 0 Å². The van der Waals surface area contributed by atoms with Gasteiger partial charge in [0.2, 0.25) is 0 Å². The van der Waals surface area contributed by atoms with Gasteiger partial charge in [0, 0.05) is 40.8 Å². The summed E-state index contributed by atoms with van der Waals surface area (Å²) in [5, 5.41) is 13.6. The Morgan fingerprint density at radius 3 is 2.83 bits per heavy atom. The van der Waals surface area contributed by atoms with E-state index in [-0.39, 0.29) is 11.4 Å². The molecule has 122 valence electrons. The van der Waals surface area contributed by atoms with Crippen molar-refractivity contribution in [2.45, 2.75) is 38.8 Å². The maximum absolute atomic E-state index is 12.6. The lowest BCUT2D eigenvalue weighted by molar-refractivity contribution is 0.0906. The number of aromatic amines is 1. The third-order valence-corrected chi connectivity index (χ3v) is 4.56. The van der Waals surface area contributed by atoms with Gasteiger partial charge < -0.3 is 10.6 Å². The average molecular weight is 377 g/mol. The summed E-state index contributed by atoms with van der Waals surface area (Å²) in [6.07, 6.45) is 1.65. The van der Waals surface area contributed by atoms with Gasteiger partial charge in [0.1, 0.15) is 0 Å². The van der Waals surface area contributed by atoms with Gasteiger partial charge in [-0.15, -0.1) is 0 Å². The number of benzene rings is 1. The lowest BCUT2D eigenvalue weighted by Gasteiger charge is -2.26. The first-order valence-electron chi connectivity index (χ1n) is 7.78. The fourth-order valence-corrected chi connectivity index (χ4v) is 3.20. The van der Waals surface area contributed by atoms with Gasteiger partial charge in [-0.2, -0.15) is 5.10 Å². The predicted molar refractivity (Wildman–Crippen MR) is 93.4 cm³/mol. The first kappa shape index (κ1) is 16.2. The number of amides is 1. The topological polar surface area (TPSA) is 69.8 Å². The molecule has 0 saturated carbocycles. The summed E-state index contributed by atoms with van der Waals surface area (Å²) in [5.41, 5.74) is 3.41. The minimum Gasteiger partial charge on any atom is -0.345 e. The number of hydrogen-bond acceptors (Lipinski definition) is 3. The van der Waals surface area contributed by atoms with Crippen LogP contribution in [0.3, 0.4) is 0 Å². The lowest BCUT2D eigenvalue weighted by Crippen LogP contribution is -2.45. The maximum atomic E-state index is 12.6. The molecule has 1 amide bonds. The van der Waals surface area contributed by atoms with Gasteiger partial charge >= 0.3 is 0 Å². The van der Waals surface area contributed by atoms with Crippen molar-refractivity contribution in [1.29, 1.82) is 0 Å². The highest BCUT2D eigenvalue weighted by molar-refractivity contribution is 9.10. The van der Waals surface area contributed by atoms with Crippen LogP contribution < -0.4 is 10.6 Å². The molecule has 6 heteroatoms. The SMILES string of the molecule is CC(C)(Cc1ccc(Br)cc1)NC(=O)c1n[nH]c2c1CNCC2. The highest BCUT2D eigenvalue weighted by Gasteiger charge is 2.26. The average Bonchev–Trinajstić information content (AvgIpc) is 2.93. The number of carbonyl (C=O) groups excluding carboxylic acids is 1. The van der Waals surface area contributed by atoms with Gasteiger partial charge in [-0.3, -0.25) is 9.89 Å². The molecule has 1 aliphatic rings. The molecular formula is C17H21BrN4O. The second-order valence-electron chi connectivity index (χ2n) is 6.60. The number of hydrogen-bond donors (Lipinski definition) is 3. The van der Waals surface area contributed by atoms with E-state index in [4.69, 9.17) is 0 Å². The summed E-state index contributed by atoms with van der Waals surface area (Å²) >= 11 is 3.44. The molecule has 2 aromatic rings. The van der Waals surface area contributed by atoms with Gasteiger partial charge in [-0.05, 0) is 38.0 Å². The molecule has 0 fully saturated rings. The number of H-pyrrole nitrogens is 1. The normalized spacial score (nSPS) is 14.4. The van der Waals surface area contributed by atoms with E-state index >= 15 is 0 Å². The first-order valence-corrected chi connectivity index (χ1v) is 8.58. The number of carbonyl (C=O) groups is 1. The van der Waals surface area contributed by atoms with Crippen LogP contribution in [0.2, 0.25) is 0 Å². The Morgan fingerprint density at radius 1 is 1.35 bits per heavy atom. The fourth-order valence-electron chi connectivity index (χ4n) is 2.94. The summed E-state index contributed by atoms with van der Waals surface area (Å²) in [7, 11) is 0. The second kappa shape index (κ2) is 6.45. The van der Waals surface area contributed by atoms with Crippen LogP contribution in [-0.2, 0) is 19.4 Å². The third kappa shape index (κ3) is 3.82. The number of nitrogens with one attached hydrogen (secondary N) is 3. The largest absolute Gasteiger partial charge is 0.345 e. The highest BCUT2D eigenvalue weighted by atomic mass is 79.9. The van der Waals surface area contributed by atoms with Crippen molar-refractivity contribution in [2.24, 2.45) is 0 Å². The smallest absolute Gasteiger partial charge is 0.272 e. The van der Waals surface area contributed by atoms with Crippen LogP contribution in [-0.4, -0.2) is 28.2 Å². The molecule has 3 N–H and O–H groups in total. The van der Waals surface area contributed by atoms with Crippen molar-refractivity contribution in [2.75, 3.05) is 6.54 Å². The highest BCUT2D eigenvalue weighted by Crippen LogP contribution is 2.19. The van der Waals surface area contributed by atoms with Crippen LogP contribution in [0.1, 0.15) is 41.2 Å². The van der Waals surface area contributed by atoms with E-state index in [0.29, 0.717) is 12.2 Å². The molecule has 1 aromatic carbocycles. The molecule has 3 rings (SSSR count). The summed E-state index contributed by atoms with van der Waals surface area (Å²) < 4.78 is 1.05. The fraction of sp³-hybridized carbons (Fsp3) is 0.412. The molecule has 2 heterocycles. The standard InChI is InChI=1S/C17H21BrN4O/c1-17(2,9-11-3-5-12(18)6-4-11)20-16(23)15-13-10-19-8-7-14(13)21-22-15/h3-6,19H,7-10H2,1-2H3,(H,20,23)(H,21,22). The molecule has 0 saturated heterocycles. The maximum Gasteiger partial charge on any atom is 0.272 e. The Labute approximate surface area is 144 Å². The number of aromatic nitrogens is 2. The molecule has 0 radical (unpaired) electrons. The molecule has 1 aliphatic heterocycles. The molecule has 23 heavy (non-hydrogen) atoms. The van der Waals surface area contributed by atoms with E-state index in [0.717, 1.165) is 35.1 Å². The molecule has 1 aromatic heterocycles. The Balaban J connectivity index is 1.71. The van der Waals surface area contributed by atoms with Crippen LogP contribution >= 0.6 is 15.9 Å².